The highest BCUT2D eigenvalue weighted by Crippen LogP contribution is 2.38. The molecule has 4 nitrogen and oxygen atoms in total. The number of aryl methyl sites for hydroxylation is 1. The van der Waals surface area contributed by atoms with E-state index >= 15 is 0 Å². The van der Waals surface area contributed by atoms with Crippen LogP contribution in [0.15, 0.2) is 23.6 Å². The summed E-state index contributed by atoms with van der Waals surface area (Å²) in [6.07, 6.45) is 0. The molecular formula is C15H15ClN2O2S. The van der Waals surface area contributed by atoms with Gasteiger partial charge in [-0.25, -0.2) is 0 Å². The number of fused-ring (bicyclic) bond motifs is 1. The van der Waals surface area contributed by atoms with E-state index in [0.29, 0.717) is 11.4 Å². The van der Waals surface area contributed by atoms with Crippen LogP contribution in [0, 0.1) is 6.92 Å². The molecule has 0 fully saturated rings. The maximum atomic E-state index is 11.4. The van der Waals surface area contributed by atoms with E-state index in [2.05, 4.69) is 10.6 Å². The van der Waals surface area contributed by atoms with Gasteiger partial charge >= 0.3 is 0 Å². The number of anilines is 1. The summed E-state index contributed by atoms with van der Waals surface area (Å²) in [6, 6.07) is 5.78. The maximum absolute atomic E-state index is 11.4. The molecule has 0 saturated heterocycles. The summed E-state index contributed by atoms with van der Waals surface area (Å²) in [5.74, 6) is 0.562. The van der Waals surface area contributed by atoms with Gasteiger partial charge in [0.1, 0.15) is 5.75 Å². The van der Waals surface area contributed by atoms with Crippen LogP contribution in [0.25, 0.3) is 0 Å². The first-order chi connectivity index (χ1) is 10.1. The van der Waals surface area contributed by atoms with Crippen LogP contribution in [0.1, 0.15) is 22.0 Å². The number of thiophene rings is 1. The highest BCUT2D eigenvalue weighted by Gasteiger charge is 2.22. The van der Waals surface area contributed by atoms with Crippen LogP contribution in [0.3, 0.4) is 0 Å². The lowest BCUT2D eigenvalue weighted by Crippen LogP contribution is -2.26. The van der Waals surface area contributed by atoms with E-state index in [0.717, 1.165) is 21.0 Å². The van der Waals surface area contributed by atoms with Crippen molar-refractivity contribution in [1.82, 2.24) is 5.32 Å². The van der Waals surface area contributed by atoms with Crippen LogP contribution in [0.5, 0.6) is 5.75 Å². The van der Waals surface area contributed by atoms with Crippen molar-refractivity contribution in [3.63, 3.8) is 0 Å². The molecule has 3 rings (SSSR count). The smallest absolute Gasteiger partial charge is 0.262 e. The molecular weight excluding hydrogens is 308 g/mol. The minimum Gasteiger partial charge on any atom is -0.482 e. The molecule has 2 heterocycles. The predicted molar refractivity (Wildman–Crippen MR) is 85.5 cm³/mol. The second kappa shape index (κ2) is 5.67. The zero-order valence-corrected chi connectivity index (χ0v) is 13.3. The summed E-state index contributed by atoms with van der Waals surface area (Å²) >= 11 is 8.00. The molecule has 1 amide bonds. The van der Waals surface area contributed by atoms with E-state index in [9.17, 15) is 4.79 Å². The summed E-state index contributed by atoms with van der Waals surface area (Å²) in [5.41, 5.74) is 2.81. The zero-order valence-electron chi connectivity index (χ0n) is 11.7. The van der Waals surface area contributed by atoms with E-state index in [1.54, 1.807) is 11.3 Å². The number of hydrogen-bond acceptors (Lipinski definition) is 4. The molecule has 1 aromatic carbocycles. The molecule has 0 bridgehead atoms. The number of amides is 1. The Balaban J connectivity index is 2.00. The van der Waals surface area contributed by atoms with Gasteiger partial charge in [-0.05, 0) is 42.6 Å². The molecule has 1 aliphatic rings. The van der Waals surface area contributed by atoms with Gasteiger partial charge in [0.25, 0.3) is 5.91 Å². The first-order valence-corrected chi connectivity index (χ1v) is 7.83. The third kappa shape index (κ3) is 2.64. The average molecular weight is 323 g/mol. The molecule has 21 heavy (non-hydrogen) atoms. The predicted octanol–water partition coefficient (Wildman–Crippen LogP) is 3.35. The molecule has 2 N–H and O–H groups in total. The fourth-order valence-electron chi connectivity index (χ4n) is 2.37. The van der Waals surface area contributed by atoms with Gasteiger partial charge in [-0.1, -0.05) is 17.7 Å². The normalized spacial score (nSPS) is 15.1. The molecule has 110 valence electrons. The van der Waals surface area contributed by atoms with Crippen molar-refractivity contribution in [3.05, 3.63) is 44.6 Å². The third-order valence-electron chi connectivity index (χ3n) is 3.45. The Kier molecular flexibility index (Phi) is 3.89. The summed E-state index contributed by atoms with van der Waals surface area (Å²) in [4.78, 5) is 12.5. The number of rotatable bonds is 3. The number of ether oxygens (including phenoxy) is 1. The highest BCUT2D eigenvalue weighted by atomic mass is 35.5. The number of carbonyl (C=O) groups is 1. The Labute approximate surface area is 132 Å². The molecule has 0 saturated carbocycles. The molecule has 1 atom stereocenters. The van der Waals surface area contributed by atoms with Gasteiger partial charge in [-0.3, -0.25) is 4.79 Å². The Bertz CT molecular complexity index is 699. The molecule has 1 unspecified atom stereocenters. The van der Waals surface area contributed by atoms with Crippen molar-refractivity contribution in [2.75, 3.05) is 19.0 Å². The Morgan fingerprint density at radius 2 is 2.29 bits per heavy atom. The Hall–Kier alpha value is -1.56. The largest absolute Gasteiger partial charge is 0.482 e. The SMILES string of the molecule is CNC(c1ccc2c(c1)NC(=O)CO2)c1scc(C)c1Cl. The molecule has 0 radical (unpaired) electrons. The van der Waals surface area contributed by atoms with Gasteiger partial charge in [-0.2, -0.15) is 0 Å². The van der Waals surface area contributed by atoms with Crippen molar-refractivity contribution >= 4 is 34.5 Å². The maximum Gasteiger partial charge on any atom is 0.262 e. The number of benzene rings is 1. The van der Waals surface area contributed by atoms with Crippen LogP contribution in [0.4, 0.5) is 5.69 Å². The third-order valence-corrected chi connectivity index (χ3v) is 5.22. The van der Waals surface area contributed by atoms with E-state index < -0.39 is 0 Å². The lowest BCUT2D eigenvalue weighted by molar-refractivity contribution is -0.118. The quantitative estimate of drug-likeness (QED) is 0.911. The van der Waals surface area contributed by atoms with E-state index in [1.807, 2.05) is 37.6 Å². The molecule has 6 heteroatoms. The van der Waals surface area contributed by atoms with Gasteiger partial charge in [0.15, 0.2) is 6.61 Å². The highest BCUT2D eigenvalue weighted by molar-refractivity contribution is 7.10. The van der Waals surface area contributed by atoms with Crippen LogP contribution < -0.4 is 15.4 Å². The first-order valence-electron chi connectivity index (χ1n) is 6.57. The van der Waals surface area contributed by atoms with Crippen LogP contribution in [-0.2, 0) is 4.79 Å². The zero-order chi connectivity index (χ0) is 15.0. The number of hydrogen-bond donors (Lipinski definition) is 2. The van der Waals surface area contributed by atoms with E-state index in [4.69, 9.17) is 16.3 Å². The summed E-state index contributed by atoms with van der Waals surface area (Å²) in [5, 5.41) is 8.94. The molecule has 1 aliphatic heterocycles. The fraction of sp³-hybridized carbons (Fsp3) is 0.267. The number of halogens is 1. The number of nitrogens with one attached hydrogen (secondary N) is 2. The van der Waals surface area contributed by atoms with E-state index in [1.165, 1.54) is 0 Å². The standard InChI is InChI=1S/C15H15ClN2O2S/c1-8-7-21-15(13(8)16)14(17-2)9-3-4-11-10(5-9)18-12(19)6-20-11/h3-5,7,14,17H,6H2,1-2H3,(H,18,19). The Morgan fingerprint density at radius 3 is 2.95 bits per heavy atom. The summed E-state index contributed by atoms with van der Waals surface area (Å²) < 4.78 is 5.38. The lowest BCUT2D eigenvalue weighted by atomic mass is 10.0. The second-order valence-electron chi connectivity index (χ2n) is 4.91. The summed E-state index contributed by atoms with van der Waals surface area (Å²) in [6.45, 7) is 2.06. The van der Waals surface area contributed by atoms with Gasteiger partial charge < -0.3 is 15.4 Å². The van der Waals surface area contributed by atoms with Gasteiger partial charge in [0.2, 0.25) is 0 Å². The second-order valence-corrected chi connectivity index (χ2v) is 6.20. The minimum absolute atomic E-state index is 0.0136. The Morgan fingerprint density at radius 1 is 1.48 bits per heavy atom. The van der Waals surface area contributed by atoms with Crippen molar-refractivity contribution in [3.8, 4) is 5.75 Å². The van der Waals surface area contributed by atoms with Crippen molar-refractivity contribution in [2.24, 2.45) is 0 Å². The molecule has 2 aromatic rings. The van der Waals surface area contributed by atoms with E-state index in [-0.39, 0.29) is 18.6 Å². The average Bonchev–Trinajstić information content (AvgIpc) is 2.80. The van der Waals surface area contributed by atoms with Crippen molar-refractivity contribution in [1.29, 1.82) is 0 Å². The first kappa shape index (κ1) is 14.4. The molecule has 0 spiro atoms. The summed E-state index contributed by atoms with van der Waals surface area (Å²) in [7, 11) is 1.89. The molecule has 1 aromatic heterocycles. The van der Waals surface area contributed by atoms with Crippen molar-refractivity contribution in [2.45, 2.75) is 13.0 Å². The molecule has 0 aliphatic carbocycles. The minimum atomic E-state index is -0.134. The van der Waals surface area contributed by atoms with Gasteiger partial charge in [-0.15, -0.1) is 11.3 Å². The van der Waals surface area contributed by atoms with Crippen molar-refractivity contribution < 1.29 is 9.53 Å². The van der Waals surface area contributed by atoms with Gasteiger partial charge in [0, 0.05) is 4.88 Å². The fourth-order valence-corrected chi connectivity index (χ4v) is 3.81. The topological polar surface area (TPSA) is 50.4 Å². The lowest BCUT2D eigenvalue weighted by Gasteiger charge is -2.21. The van der Waals surface area contributed by atoms with Crippen LogP contribution in [0.2, 0.25) is 5.02 Å². The van der Waals surface area contributed by atoms with Crippen LogP contribution >= 0.6 is 22.9 Å². The monoisotopic (exact) mass is 322 g/mol. The van der Waals surface area contributed by atoms with Gasteiger partial charge in [0.05, 0.1) is 16.8 Å². The number of carbonyl (C=O) groups excluding carboxylic acids is 1. The van der Waals surface area contributed by atoms with Crippen LogP contribution in [-0.4, -0.2) is 19.6 Å².